The quantitative estimate of drug-likeness (QED) is 0.435. The number of rotatable bonds is 9. The lowest BCUT2D eigenvalue weighted by Crippen LogP contribution is -2.49. The van der Waals surface area contributed by atoms with Gasteiger partial charge in [0.25, 0.3) is 0 Å². The number of fused-ring (bicyclic) bond motifs is 3. The molecule has 186 valence electrons. The largest absolute Gasteiger partial charge is 0.481 e. The molecule has 35 heavy (non-hydrogen) atoms. The Morgan fingerprint density at radius 2 is 1.43 bits per heavy atom. The number of hydrogen-bond donors (Lipinski definition) is 4. The van der Waals surface area contributed by atoms with Crippen LogP contribution in [-0.2, 0) is 19.1 Å². The van der Waals surface area contributed by atoms with Crippen molar-refractivity contribution in [2.24, 2.45) is 5.41 Å². The zero-order valence-corrected chi connectivity index (χ0v) is 20.1. The summed E-state index contributed by atoms with van der Waals surface area (Å²) in [7, 11) is 0. The fourth-order valence-corrected chi connectivity index (χ4v) is 4.04. The van der Waals surface area contributed by atoms with Crippen molar-refractivity contribution in [3.8, 4) is 11.1 Å². The summed E-state index contributed by atoms with van der Waals surface area (Å²) in [6.45, 7) is 4.88. The van der Waals surface area contributed by atoms with Crippen molar-refractivity contribution in [1.82, 2.24) is 16.0 Å². The van der Waals surface area contributed by atoms with Gasteiger partial charge in [-0.25, -0.2) is 4.79 Å². The van der Waals surface area contributed by atoms with E-state index < -0.39 is 35.3 Å². The first-order valence-electron chi connectivity index (χ1n) is 11.4. The van der Waals surface area contributed by atoms with E-state index in [1.807, 2.05) is 69.3 Å². The van der Waals surface area contributed by atoms with Crippen molar-refractivity contribution in [2.45, 2.75) is 39.2 Å². The molecule has 0 aliphatic heterocycles. The molecule has 0 spiro atoms. The molecule has 0 fully saturated rings. The van der Waals surface area contributed by atoms with Crippen LogP contribution in [0.2, 0.25) is 0 Å². The van der Waals surface area contributed by atoms with E-state index in [1.54, 1.807) is 0 Å². The van der Waals surface area contributed by atoms with Crippen molar-refractivity contribution < 1.29 is 29.0 Å². The van der Waals surface area contributed by atoms with Crippen molar-refractivity contribution in [2.75, 3.05) is 19.7 Å². The number of ether oxygens (including phenoxy) is 1. The summed E-state index contributed by atoms with van der Waals surface area (Å²) < 4.78 is 5.38. The number of nitrogens with one attached hydrogen (secondary N) is 3. The Morgan fingerprint density at radius 3 is 1.97 bits per heavy atom. The summed E-state index contributed by atoms with van der Waals surface area (Å²) >= 11 is 0. The minimum atomic E-state index is -1.03. The molecular formula is C26H31N3O6. The lowest BCUT2D eigenvalue weighted by atomic mass is 9.84. The summed E-state index contributed by atoms with van der Waals surface area (Å²) in [6, 6.07) is 15.4. The van der Waals surface area contributed by atoms with Crippen molar-refractivity contribution in [1.29, 1.82) is 0 Å². The maximum Gasteiger partial charge on any atom is 0.407 e. The standard InChI is InChI=1S/C26H31N3O6/c1-26(2,3)21(12-24(32)33)29-23(31)14-27-22(30)13-28-25(34)35-15-20-18-10-6-4-8-16(18)17-9-5-7-11-19(17)20/h4-11,20-21H,12-15H2,1-3H3,(H,27,30)(H,28,34)(H,29,31)(H,32,33). The number of benzene rings is 2. The van der Waals surface area contributed by atoms with Gasteiger partial charge in [-0.15, -0.1) is 0 Å². The Hall–Kier alpha value is -3.88. The molecule has 4 N–H and O–H groups in total. The molecule has 9 nitrogen and oxygen atoms in total. The van der Waals surface area contributed by atoms with Gasteiger partial charge >= 0.3 is 12.1 Å². The average Bonchev–Trinajstić information content (AvgIpc) is 3.12. The Labute approximate surface area is 204 Å². The first-order valence-corrected chi connectivity index (χ1v) is 11.4. The van der Waals surface area contributed by atoms with Gasteiger partial charge in [0.05, 0.1) is 13.0 Å². The Kier molecular flexibility index (Phi) is 8.11. The Bertz CT molecular complexity index is 1060. The predicted molar refractivity (Wildman–Crippen MR) is 130 cm³/mol. The van der Waals surface area contributed by atoms with E-state index in [4.69, 9.17) is 9.84 Å². The van der Waals surface area contributed by atoms with E-state index in [9.17, 15) is 19.2 Å². The first kappa shape index (κ1) is 25.7. The molecule has 3 amide bonds. The lowest BCUT2D eigenvalue weighted by molar-refractivity contribution is -0.138. The summed E-state index contributed by atoms with van der Waals surface area (Å²) in [5, 5.41) is 16.5. The number of aliphatic carboxylic acids is 1. The molecule has 0 radical (unpaired) electrons. The zero-order chi connectivity index (χ0) is 25.6. The fourth-order valence-electron chi connectivity index (χ4n) is 4.04. The van der Waals surface area contributed by atoms with Gasteiger partial charge in [0.15, 0.2) is 0 Å². The average molecular weight is 482 g/mol. The number of carbonyl (C=O) groups excluding carboxylic acids is 3. The lowest BCUT2D eigenvalue weighted by Gasteiger charge is -2.30. The number of carboxylic acids is 1. The molecular weight excluding hydrogens is 450 g/mol. The minimum absolute atomic E-state index is 0.0905. The molecule has 1 aliphatic rings. The van der Waals surface area contributed by atoms with Crippen LogP contribution in [0.3, 0.4) is 0 Å². The van der Waals surface area contributed by atoms with E-state index in [-0.39, 0.29) is 32.0 Å². The van der Waals surface area contributed by atoms with Gasteiger partial charge in [-0.1, -0.05) is 69.3 Å². The zero-order valence-electron chi connectivity index (χ0n) is 20.1. The van der Waals surface area contributed by atoms with E-state index >= 15 is 0 Å². The smallest absolute Gasteiger partial charge is 0.407 e. The number of alkyl carbamates (subject to hydrolysis) is 1. The SMILES string of the molecule is CC(C)(C)C(CC(=O)O)NC(=O)CNC(=O)CNC(=O)OCC1c2ccccc2-c2ccccc21. The second kappa shape index (κ2) is 11.0. The van der Waals surface area contributed by atoms with Gasteiger partial charge in [0.2, 0.25) is 11.8 Å². The fraction of sp³-hybridized carbons (Fsp3) is 0.385. The molecule has 0 saturated heterocycles. The van der Waals surface area contributed by atoms with E-state index in [0.717, 1.165) is 22.3 Å². The summed E-state index contributed by atoms with van der Waals surface area (Å²) in [4.78, 5) is 47.4. The number of hydrogen-bond acceptors (Lipinski definition) is 5. The van der Waals surface area contributed by atoms with Crippen LogP contribution in [0, 0.1) is 5.41 Å². The molecule has 0 aromatic heterocycles. The van der Waals surface area contributed by atoms with Crippen LogP contribution >= 0.6 is 0 Å². The van der Waals surface area contributed by atoms with Gasteiger partial charge in [-0.2, -0.15) is 0 Å². The highest BCUT2D eigenvalue weighted by Crippen LogP contribution is 2.44. The molecule has 0 bridgehead atoms. The summed E-state index contributed by atoms with van der Waals surface area (Å²) in [5.41, 5.74) is 3.94. The van der Waals surface area contributed by atoms with Crippen LogP contribution in [0.15, 0.2) is 48.5 Å². The number of amides is 3. The predicted octanol–water partition coefficient (Wildman–Crippen LogP) is 2.65. The third-order valence-corrected chi connectivity index (χ3v) is 5.94. The molecule has 1 unspecified atom stereocenters. The highest BCUT2D eigenvalue weighted by molar-refractivity contribution is 5.87. The van der Waals surface area contributed by atoms with Crippen LogP contribution in [0.5, 0.6) is 0 Å². The molecule has 2 aromatic rings. The first-order chi connectivity index (χ1) is 16.6. The van der Waals surface area contributed by atoms with E-state index in [0.29, 0.717) is 0 Å². The van der Waals surface area contributed by atoms with Crippen LogP contribution in [0.1, 0.15) is 44.2 Å². The van der Waals surface area contributed by atoms with Crippen LogP contribution in [0.25, 0.3) is 11.1 Å². The Balaban J connectivity index is 1.43. The van der Waals surface area contributed by atoms with Gasteiger partial charge in [0, 0.05) is 12.0 Å². The van der Waals surface area contributed by atoms with Crippen molar-refractivity contribution >= 4 is 23.9 Å². The van der Waals surface area contributed by atoms with Crippen molar-refractivity contribution in [3.05, 3.63) is 59.7 Å². The third kappa shape index (κ3) is 6.81. The number of carbonyl (C=O) groups is 4. The third-order valence-electron chi connectivity index (χ3n) is 5.94. The molecule has 0 heterocycles. The monoisotopic (exact) mass is 481 g/mol. The molecule has 1 aliphatic carbocycles. The molecule has 0 saturated carbocycles. The molecule has 2 aromatic carbocycles. The molecule has 9 heteroatoms. The van der Waals surface area contributed by atoms with E-state index in [1.165, 1.54) is 0 Å². The topological polar surface area (TPSA) is 134 Å². The highest BCUT2D eigenvalue weighted by Gasteiger charge is 2.30. The van der Waals surface area contributed by atoms with Gasteiger partial charge in [0.1, 0.15) is 13.2 Å². The number of carboxylic acid groups (broad SMARTS) is 1. The van der Waals surface area contributed by atoms with Crippen LogP contribution in [-0.4, -0.2) is 54.7 Å². The van der Waals surface area contributed by atoms with Crippen molar-refractivity contribution in [3.63, 3.8) is 0 Å². The second-order valence-corrected chi connectivity index (χ2v) is 9.54. The maximum atomic E-state index is 12.2. The molecule has 3 rings (SSSR count). The van der Waals surface area contributed by atoms with Crippen LogP contribution < -0.4 is 16.0 Å². The Morgan fingerprint density at radius 1 is 0.886 bits per heavy atom. The summed E-state index contributed by atoms with van der Waals surface area (Å²) in [5.74, 6) is -2.20. The highest BCUT2D eigenvalue weighted by atomic mass is 16.5. The van der Waals surface area contributed by atoms with Crippen LogP contribution in [0.4, 0.5) is 4.79 Å². The minimum Gasteiger partial charge on any atom is -0.481 e. The van der Waals surface area contributed by atoms with Gasteiger partial charge in [-0.05, 0) is 27.7 Å². The molecule has 1 atom stereocenters. The summed E-state index contributed by atoms with van der Waals surface area (Å²) in [6.07, 6.45) is -0.965. The van der Waals surface area contributed by atoms with Gasteiger partial charge in [-0.3, -0.25) is 14.4 Å². The second-order valence-electron chi connectivity index (χ2n) is 9.54. The normalized spacial score (nSPS) is 13.2. The van der Waals surface area contributed by atoms with Gasteiger partial charge < -0.3 is 25.8 Å². The van der Waals surface area contributed by atoms with E-state index in [2.05, 4.69) is 16.0 Å². The maximum absolute atomic E-state index is 12.2.